The topological polar surface area (TPSA) is 73.4 Å². The van der Waals surface area contributed by atoms with Crippen LogP contribution in [0.4, 0.5) is 5.69 Å². The smallest absolute Gasteiger partial charge is 0.255 e. The van der Waals surface area contributed by atoms with Crippen LogP contribution in [-0.2, 0) is 7.05 Å². The molecule has 170 valence electrons. The van der Waals surface area contributed by atoms with E-state index < -0.39 is 0 Å². The third-order valence-corrected chi connectivity index (χ3v) is 6.14. The first-order valence-corrected chi connectivity index (χ1v) is 11.2. The van der Waals surface area contributed by atoms with E-state index in [1.807, 2.05) is 55.6 Å². The summed E-state index contributed by atoms with van der Waals surface area (Å²) >= 11 is 10.8. The highest BCUT2D eigenvalue weighted by molar-refractivity contribution is 7.80. The summed E-state index contributed by atoms with van der Waals surface area (Å²) in [4.78, 5) is 13.6. The highest BCUT2D eigenvalue weighted by Gasteiger charge is 2.22. The van der Waals surface area contributed by atoms with Gasteiger partial charge < -0.3 is 10.1 Å². The van der Waals surface area contributed by atoms with Crippen LogP contribution in [0.5, 0.6) is 5.75 Å². The molecule has 0 spiro atoms. The van der Waals surface area contributed by atoms with Gasteiger partial charge in [-0.1, -0.05) is 35.9 Å². The minimum absolute atomic E-state index is 0.237. The fourth-order valence-electron chi connectivity index (χ4n) is 3.76. The number of methoxy groups -OCH3 is 1. The van der Waals surface area contributed by atoms with Crippen LogP contribution in [0.25, 0.3) is 28.3 Å². The maximum Gasteiger partial charge on any atom is 0.255 e. The van der Waals surface area contributed by atoms with Crippen molar-refractivity contribution in [3.63, 3.8) is 0 Å². The number of amides is 1. The quantitative estimate of drug-likeness (QED) is 0.315. The molecular weight excluding hydrogens is 470 g/mol. The molecule has 0 atom stereocenters. The van der Waals surface area contributed by atoms with Crippen molar-refractivity contribution in [3.8, 4) is 28.4 Å². The fraction of sp³-hybridized carbons (Fsp3) is 0.0800. The minimum atomic E-state index is -0.237. The zero-order valence-electron chi connectivity index (χ0n) is 18.4. The van der Waals surface area contributed by atoms with Crippen LogP contribution in [0.3, 0.4) is 0 Å². The summed E-state index contributed by atoms with van der Waals surface area (Å²) in [6.07, 6.45) is 0. The standard InChI is InChI=1S/C25H20ClN5O2S/c1-30-25-22(34)21(15-7-11-17(26)12-8-15)28-31(25)23(29-30)19-5-3-4-6-20(19)27-24(32)16-9-13-18(33-2)14-10-16/h3-14,34H,1-2H3,(H,27,32). The number of aromatic nitrogens is 4. The molecule has 0 aliphatic rings. The zero-order valence-corrected chi connectivity index (χ0v) is 20.0. The van der Waals surface area contributed by atoms with Crippen LogP contribution in [0.1, 0.15) is 10.4 Å². The van der Waals surface area contributed by atoms with Crippen molar-refractivity contribution in [1.82, 2.24) is 19.4 Å². The Morgan fingerprint density at radius 1 is 1.00 bits per heavy atom. The van der Waals surface area contributed by atoms with E-state index in [1.165, 1.54) is 0 Å². The maximum atomic E-state index is 12.9. The molecule has 0 saturated heterocycles. The lowest BCUT2D eigenvalue weighted by Crippen LogP contribution is -2.13. The van der Waals surface area contributed by atoms with E-state index in [4.69, 9.17) is 34.1 Å². The maximum absolute atomic E-state index is 12.9. The number of hydrogen-bond acceptors (Lipinski definition) is 5. The number of nitrogens with zero attached hydrogens (tertiary/aromatic N) is 4. The van der Waals surface area contributed by atoms with Gasteiger partial charge in [0, 0.05) is 28.8 Å². The number of rotatable bonds is 5. The van der Waals surface area contributed by atoms with Crippen molar-refractivity contribution in [3.05, 3.63) is 83.4 Å². The second-order valence-electron chi connectivity index (χ2n) is 7.61. The predicted molar refractivity (Wildman–Crippen MR) is 136 cm³/mol. The van der Waals surface area contributed by atoms with E-state index in [0.717, 1.165) is 16.8 Å². The number of carbonyl (C=O) groups is 1. The van der Waals surface area contributed by atoms with Gasteiger partial charge in [0.05, 0.1) is 17.7 Å². The van der Waals surface area contributed by atoms with E-state index in [1.54, 1.807) is 40.6 Å². The number of ether oxygens (including phenoxy) is 1. The van der Waals surface area contributed by atoms with Crippen LogP contribution < -0.4 is 10.1 Å². The molecule has 5 rings (SSSR count). The van der Waals surface area contributed by atoms with E-state index >= 15 is 0 Å². The Balaban J connectivity index is 1.56. The van der Waals surface area contributed by atoms with Crippen molar-refractivity contribution < 1.29 is 9.53 Å². The van der Waals surface area contributed by atoms with Crippen LogP contribution in [0.15, 0.2) is 77.7 Å². The van der Waals surface area contributed by atoms with Gasteiger partial charge >= 0.3 is 0 Å². The number of benzene rings is 3. The monoisotopic (exact) mass is 489 g/mol. The minimum Gasteiger partial charge on any atom is -0.497 e. The first-order chi connectivity index (χ1) is 16.5. The third-order valence-electron chi connectivity index (χ3n) is 5.47. The molecule has 0 radical (unpaired) electrons. The van der Waals surface area contributed by atoms with Crippen molar-refractivity contribution in [2.24, 2.45) is 7.05 Å². The zero-order chi connectivity index (χ0) is 23.8. The first-order valence-electron chi connectivity index (χ1n) is 10.4. The molecule has 7 nitrogen and oxygen atoms in total. The highest BCUT2D eigenvalue weighted by Crippen LogP contribution is 2.34. The Bertz CT molecular complexity index is 1510. The van der Waals surface area contributed by atoms with Crippen LogP contribution in [0, 0.1) is 0 Å². The molecular formula is C25H20ClN5O2S. The molecule has 0 aliphatic heterocycles. The summed E-state index contributed by atoms with van der Waals surface area (Å²) in [5, 5.41) is 13.1. The number of para-hydroxylation sites is 1. The van der Waals surface area contributed by atoms with Gasteiger partial charge in [-0.05, 0) is 48.5 Å². The number of aryl methyl sites for hydroxylation is 1. The third kappa shape index (κ3) is 3.91. The number of hydrogen-bond donors (Lipinski definition) is 2. The molecule has 0 unspecified atom stereocenters. The van der Waals surface area contributed by atoms with Crippen molar-refractivity contribution in [2.75, 3.05) is 12.4 Å². The molecule has 0 bridgehead atoms. The molecule has 0 aliphatic carbocycles. The predicted octanol–water partition coefficient (Wildman–Crippen LogP) is 5.60. The van der Waals surface area contributed by atoms with Crippen LogP contribution >= 0.6 is 24.2 Å². The Morgan fingerprint density at radius 2 is 1.71 bits per heavy atom. The molecule has 2 heterocycles. The van der Waals surface area contributed by atoms with Gasteiger partial charge in [0.2, 0.25) is 0 Å². The van der Waals surface area contributed by atoms with Gasteiger partial charge in [0.15, 0.2) is 11.5 Å². The summed E-state index contributed by atoms with van der Waals surface area (Å²) in [7, 11) is 3.42. The average Bonchev–Trinajstić information content (AvgIpc) is 3.37. The molecule has 2 aromatic heterocycles. The van der Waals surface area contributed by atoms with Gasteiger partial charge in [0.25, 0.3) is 5.91 Å². The lowest BCUT2D eigenvalue weighted by Gasteiger charge is -2.10. The lowest BCUT2D eigenvalue weighted by molar-refractivity contribution is 0.102. The van der Waals surface area contributed by atoms with Crippen molar-refractivity contribution in [1.29, 1.82) is 0 Å². The summed E-state index contributed by atoms with van der Waals surface area (Å²) in [5.74, 6) is 1.03. The average molecular weight is 490 g/mol. The van der Waals surface area contributed by atoms with Crippen LogP contribution in [-0.4, -0.2) is 32.4 Å². The Labute approximate surface area is 206 Å². The van der Waals surface area contributed by atoms with E-state index in [2.05, 4.69) is 10.4 Å². The van der Waals surface area contributed by atoms with Crippen molar-refractivity contribution >= 4 is 41.5 Å². The van der Waals surface area contributed by atoms with Gasteiger partial charge in [-0.2, -0.15) is 14.7 Å². The first kappa shape index (κ1) is 22.1. The number of halogens is 1. The van der Waals surface area contributed by atoms with E-state index in [-0.39, 0.29) is 5.91 Å². The number of anilines is 1. The molecule has 1 N–H and O–H groups in total. The summed E-state index contributed by atoms with van der Waals surface area (Å²) < 4.78 is 8.64. The molecule has 34 heavy (non-hydrogen) atoms. The Morgan fingerprint density at radius 3 is 2.41 bits per heavy atom. The molecule has 9 heteroatoms. The molecule has 3 aromatic carbocycles. The normalized spacial score (nSPS) is 11.1. The van der Waals surface area contributed by atoms with Crippen molar-refractivity contribution in [2.45, 2.75) is 4.90 Å². The van der Waals surface area contributed by atoms with E-state index in [9.17, 15) is 4.79 Å². The summed E-state index contributed by atoms with van der Waals surface area (Å²) in [6, 6.07) is 21.9. The van der Waals surface area contributed by atoms with Gasteiger partial charge in [0.1, 0.15) is 11.4 Å². The number of carbonyl (C=O) groups excluding carboxylic acids is 1. The van der Waals surface area contributed by atoms with E-state index in [0.29, 0.717) is 38.4 Å². The Kier molecular flexibility index (Phi) is 5.77. The molecule has 0 saturated carbocycles. The Hall–Kier alpha value is -3.75. The largest absolute Gasteiger partial charge is 0.497 e. The summed E-state index contributed by atoms with van der Waals surface area (Å²) in [5.41, 5.74) is 4.21. The summed E-state index contributed by atoms with van der Waals surface area (Å²) in [6.45, 7) is 0. The van der Waals surface area contributed by atoms with Crippen LogP contribution in [0.2, 0.25) is 5.02 Å². The second kappa shape index (κ2) is 8.89. The molecule has 0 fully saturated rings. The fourth-order valence-corrected chi connectivity index (χ4v) is 4.30. The number of nitrogens with one attached hydrogen (secondary N) is 1. The molecule has 1 amide bonds. The number of thiol groups is 1. The lowest BCUT2D eigenvalue weighted by atomic mass is 10.1. The van der Waals surface area contributed by atoms with Gasteiger partial charge in [-0.25, -0.2) is 4.68 Å². The molecule has 5 aromatic rings. The van der Waals surface area contributed by atoms with Gasteiger partial charge in [-0.15, -0.1) is 12.6 Å². The second-order valence-corrected chi connectivity index (χ2v) is 8.50. The number of fused-ring (bicyclic) bond motifs is 1. The SMILES string of the molecule is COc1ccc(C(=O)Nc2ccccc2-c2nn(C)c3c(S)c(-c4ccc(Cl)cc4)nn23)cc1. The highest BCUT2D eigenvalue weighted by atomic mass is 35.5. The van der Waals surface area contributed by atoms with Gasteiger partial charge in [-0.3, -0.25) is 4.79 Å².